The fraction of sp³-hybridized carbons (Fsp3) is 0.300. The molecule has 26 heavy (non-hydrogen) atoms. The van der Waals surface area contributed by atoms with E-state index in [0.29, 0.717) is 5.92 Å². The van der Waals surface area contributed by atoms with Gasteiger partial charge in [0.2, 0.25) is 0 Å². The molecular weight excluding hydrogens is 329 g/mol. The minimum absolute atomic E-state index is 0.251. The highest BCUT2D eigenvalue weighted by Crippen LogP contribution is 2.31. The largest absolute Gasteiger partial charge is 0.370 e. The van der Waals surface area contributed by atoms with Crippen LogP contribution in [0.1, 0.15) is 12.8 Å². The first-order chi connectivity index (χ1) is 12.8. The molecule has 2 aromatic heterocycles. The molecule has 1 saturated heterocycles. The van der Waals surface area contributed by atoms with Crippen molar-refractivity contribution in [3.63, 3.8) is 0 Å². The number of hydrogen-bond acceptors (Lipinski definition) is 4. The molecule has 1 aliphatic heterocycles. The molecule has 4 rings (SSSR count). The predicted molar refractivity (Wildman–Crippen MR) is 101 cm³/mol. The minimum Gasteiger partial charge on any atom is -0.370 e. The van der Waals surface area contributed by atoms with Gasteiger partial charge in [-0.1, -0.05) is 0 Å². The first-order valence-corrected chi connectivity index (χ1v) is 9.00. The number of aromatic amines is 1. The van der Waals surface area contributed by atoms with Crippen LogP contribution in [0.5, 0.6) is 0 Å². The average molecular weight is 351 g/mol. The zero-order valence-corrected chi connectivity index (χ0v) is 14.5. The van der Waals surface area contributed by atoms with Gasteiger partial charge in [-0.25, -0.2) is 9.37 Å². The van der Waals surface area contributed by atoms with E-state index in [0.717, 1.165) is 47.8 Å². The monoisotopic (exact) mass is 351 g/mol. The zero-order chi connectivity index (χ0) is 17.8. The van der Waals surface area contributed by atoms with Crippen LogP contribution < -0.4 is 10.6 Å². The van der Waals surface area contributed by atoms with E-state index in [2.05, 4.69) is 25.8 Å². The number of nitrogens with zero attached hydrogens (tertiary/aromatic N) is 2. The number of aromatic nitrogens is 3. The number of nitrogens with one attached hydrogen (secondary N) is 3. The van der Waals surface area contributed by atoms with Crippen molar-refractivity contribution in [3.8, 4) is 22.4 Å². The van der Waals surface area contributed by atoms with Crippen LogP contribution in [-0.4, -0.2) is 34.8 Å². The van der Waals surface area contributed by atoms with Crippen LogP contribution in [0.15, 0.2) is 48.8 Å². The Labute approximate surface area is 152 Å². The van der Waals surface area contributed by atoms with Crippen molar-refractivity contribution in [2.24, 2.45) is 5.92 Å². The van der Waals surface area contributed by atoms with Crippen molar-refractivity contribution in [2.75, 3.05) is 25.0 Å². The van der Waals surface area contributed by atoms with E-state index in [-0.39, 0.29) is 5.82 Å². The quantitative estimate of drug-likeness (QED) is 0.656. The number of H-pyrrole nitrogens is 1. The van der Waals surface area contributed by atoms with Crippen LogP contribution >= 0.6 is 0 Å². The second kappa shape index (κ2) is 7.66. The molecule has 6 heteroatoms. The summed E-state index contributed by atoms with van der Waals surface area (Å²) in [6.45, 7) is 3.13. The van der Waals surface area contributed by atoms with Gasteiger partial charge in [0, 0.05) is 30.1 Å². The molecule has 1 aliphatic rings. The normalized spacial score (nSPS) is 15.1. The molecule has 0 unspecified atom stereocenters. The number of benzene rings is 1. The van der Waals surface area contributed by atoms with Gasteiger partial charge >= 0.3 is 0 Å². The van der Waals surface area contributed by atoms with Gasteiger partial charge in [-0.05, 0) is 73.8 Å². The van der Waals surface area contributed by atoms with Crippen LogP contribution in [0, 0.1) is 11.7 Å². The van der Waals surface area contributed by atoms with E-state index in [1.165, 1.54) is 25.0 Å². The Bertz CT molecular complexity index is 853. The molecule has 1 fully saturated rings. The van der Waals surface area contributed by atoms with Gasteiger partial charge in [-0.15, -0.1) is 0 Å². The van der Waals surface area contributed by atoms with E-state index in [1.807, 2.05) is 24.5 Å². The maximum Gasteiger partial charge on any atom is 0.126 e. The Morgan fingerprint density at radius 3 is 2.69 bits per heavy atom. The highest BCUT2D eigenvalue weighted by atomic mass is 19.1. The van der Waals surface area contributed by atoms with E-state index >= 15 is 0 Å². The number of pyridine rings is 1. The topological polar surface area (TPSA) is 65.6 Å². The Morgan fingerprint density at radius 2 is 1.88 bits per heavy atom. The number of halogens is 1. The second-order valence-corrected chi connectivity index (χ2v) is 6.66. The minimum atomic E-state index is -0.251. The molecule has 134 valence electrons. The number of hydrogen-bond donors (Lipinski definition) is 3. The molecule has 3 N–H and O–H groups in total. The number of anilines is 1. The molecule has 0 atom stereocenters. The van der Waals surface area contributed by atoms with E-state index < -0.39 is 0 Å². The molecule has 0 bridgehead atoms. The summed E-state index contributed by atoms with van der Waals surface area (Å²) in [5.41, 5.74) is 3.69. The van der Waals surface area contributed by atoms with Crippen LogP contribution in [0.4, 0.5) is 10.2 Å². The highest BCUT2D eigenvalue weighted by Gasteiger charge is 2.14. The molecule has 0 spiro atoms. The Hall–Kier alpha value is -2.73. The third kappa shape index (κ3) is 3.75. The number of piperidine rings is 1. The lowest BCUT2D eigenvalue weighted by molar-refractivity contribution is 0.389. The van der Waals surface area contributed by atoms with Gasteiger partial charge in [0.05, 0.1) is 5.69 Å². The summed E-state index contributed by atoms with van der Waals surface area (Å²) < 4.78 is 13.2. The molecular formula is C20H22FN5. The Kier molecular flexibility index (Phi) is 4.93. The summed E-state index contributed by atoms with van der Waals surface area (Å²) in [5.74, 6) is 1.30. The molecule has 5 nitrogen and oxygen atoms in total. The highest BCUT2D eigenvalue weighted by molar-refractivity contribution is 5.81. The van der Waals surface area contributed by atoms with Crippen molar-refractivity contribution >= 4 is 5.82 Å². The standard InChI is InChI=1S/C20H22FN5/c21-17-3-1-15(2-4-17)20-18(13-25-26-20)16-7-10-23-19(11-16)24-12-14-5-8-22-9-6-14/h1-4,7,10-11,13-14,22H,5-6,8-9,12H2,(H,23,24)(H,25,26). The lowest BCUT2D eigenvalue weighted by Gasteiger charge is -2.23. The molecule has 0 amide bonds. The number of rotatable bonds is 5. The molecule has 1 aromatic carbocycles. The fourth-order valence-electron chi connectivity index (χ4n) is 3.37. The van der Waals surface area contributed by atoms with Crippen molar-refractivity contribution in [3.05, 3.63) is 54.6 Å². The van der Waals surface area contributed by atoms with Crippen LogP contribution in [0.2, 0.25) is 0 Å². The first kappa shape index (κ1) is 16.7. The van der Waals surface area contributed by atoms with Crippen LogP contribution in [-0.2, 0) is 0 Å². The third-order valence-electron chi connectivity index (χ3n) is 4.86. The van der Waals surface area contributed by atoms with Crippen LogP contribution in [0.25, 0.3) is 22.4 Å². The molecule has 0 radical (unpaired) electrons. The van der Waals surface area contributed by atoms with Crippen molar-refractivity contribution in [1.29, 1.82) is 0 Å². The maximum absolute atomic E-state index is 13.2. The van der Waals surface area contributed by atoms with E-state index in [1.54, 1.807) is 12.1 Å². The first-order valence-electron chi connectivity index (χ1n) is 9.00. The summed E-state index contributed by atoms with van der Waals surface area (Å²) in [6, 6.07) is 10.4. The second-order valence-electron chi connectivity index (χ2n) is 6.66. The van der Waals surface area contributed by atoms with Gasteiger partial charge in [0.25, 0.3) is 0 Å². The molecule has 0 aliphatic carbocycles. The Balaban J connectivity index is 1.53. The maximum atomic E-state index is 13.2. The van der Waals surface area contributed by atoms with Crippen molar-refractivity contribution in [2.45, 2.75) is 12.8 Å². The van der Waals surface area contributed by atoms with E-state index in [9.17, 15) is 4.39 Å². The Morgan fingerprint density at radius 1 is 1.08 bits per heavy atom. The molecule has 3 aromatic rings. The summed E-state index contributed by atoms with van der Waals surface area (Å²) in [5, 5.41) is 14.1. The van der Waals surface area contributed by atoms with E-state index in [4.69, 9.17) is 0 Å². The van der Waals surface area contributed by atoms with Crippen molar-refractivity contribution < 1.29 is 4.39 Å². The summed E-state index contributed by atoms with van der Waals surface area (Å²) in [7, 11) is 0. The fourth-order valence-corrected chi connectivity index (χ4v) is 3.37. The summed E-state index contributed by atoms with van der Waals surface area (Å²) in [4.78, 5) is 4.44. The zero-order valence-electron chi connectivity index (χ0n) is 14.5. The smallest absolute Gasteiger partial charge is 0.126 e. The lowest BCUT2D eigenvalue weighted by atomic mass is 9.98. The lowest BCUT2D eigenvalue weighted by Crippen LogP contribution is -2.31. The third-order valence-corrected chi connectivity index (χ3v) is 4.86. The van der Waals surface area contributed by atoms with Gasteiger partial charge in [0.1, 0.15) is 11.6 Å². The molecule has 3 heterocycles. The average Bonchev–Trinajstić information content (AvgIpc) is 3.18. The van der Waals surface area contributed by atoms with Gasteiger partial charge in [0.15, 0.2) is 0 Å². The SMILES string of the molecule is Fc1ccc(-c2n[nH]cc2-c2ccnc(NCC3CCNCC3)c2)cc1. The summed E-state index contributed by atoms with van der Waals surface area (Å²) in [6.07, 6.45) is 6.07. The summed E-state index contributed by atoms with van der Waals surface area (Å²) >= 11 is 0. The molecule has 0 saturated carbocycles. The predicted octanol–water partition coefficient (Wildman–Crippen LogP) is 3.69. The van der Waals surface area contributed by atoms with Gasteiger partial charge in [-0.2, -0.15) is 5.10 Å². The van der Waals surface area contributed by atoms with Crippen LogP contribution in [0.3, 0.4) is 0 Å². The van der Waals surface area contributed by atoms with Gasteiger partial charge in [-0.3, -0.25) is 5.10 Å². The van der Waals surface area contributed by atoms with Gasteiger partial charge < -0.3 is 10.6 Å². The van der Waals surface area contributed by atoms with Crippen molar-refractivity contribution in [1.82, 2.24) is 20.5 Å².